The fourth-order valence-electron chi connectivity index (χ4n) is 1.73. The molecule has 1 heterocycles. The van der Waals surface area contributed by atoms with Crippen LogP contribution in [0.15, 0.2) is 36.4 Å². The van der Waals surface area contributed by atoms with E-state index in [9.17, 15) is 14.4 Å². The van der Waals surface area contributed by atoms with Crippen LogP contribution in [0, 0.1) is 0 Å². The fourth-order valence-corrected chi connectivity index (χ4v) is 2.81. The molecule has 1 amide bonds. The lowest BCUT2D eigenvalue weighted by atomic mass is 10.1. The predicted molar refractivity (Wildman–Crippen MR) is 76.8 cm³/mol. The molecule has 1 aromatic carbocycles. The Labute approximate surface area is 123 Å². The Morgan fingerprint density at radius 2 is 1.76 bits per heavy atom. The van der Waals surface area contributed by atoms with Crippen molar-refractivity contribution in [1.82, 2.24) is 0 Å². The number of hydrogen-bond donors (Lipinski definition) is 3. The summed E-state index contributed by atoms with van der Waals surface area (Å²) in [7, 11) is 0. The number of benzene rings is 1. The molecule has 0 unspecified atom stereocenters. The first-order chi connectivity index (χ1) is 9.97. The highest BCUT2D eigenvalue weighted by Crippen LogP contribution is 2.30. The predicted octanol–water partition coefficient (Wildman–Crippen LogP) is 2.06. The Morgan fingerprint density at radius 3 is 2.33 bits per heavy atom. The SMILES string of the molecule is O=C(O)C(=O)Nc1sc(Cc2ccccc2)cc1C(=O)O. The van der Waals surface area contributed by atoms with E-state index < -0.39 is 17.8 Å². The van der Waals surface area contributed by atoms with Gasteiger partial charge in [-0.05, 0) is 11.6 Å². The summed E-state index contributed by atoms with van der Waals surface area (Å²) < 4.78 is 0. The van der Waals surface area contributed by atoms with E-state index in [1.807, 2.05) is 30.3 Å². The number of carbonyl (C=O) groups excluding carboxylic acids is 1. The molecular weight excluding hydrogens is 294 g/mol. The second kappa shape index (κ2) is 6.19. The Morgan fingerprint density at radius 1 is 1.10 bits per heavy atom. The van der Waals surface area contributed by atoms with Crippen LogP contribution in [0.5, 0.6) is 0 Å². The van der Waals surface area contributed by atoms with Gasteiger partial charge in [-0.2, -0.15) is 0 Å². The number of carboxylic acid groups (broad SMARTS) is 2. The van der Waals surface area contributed by atoms with Gasteiger partial charge in [0.1, 0.15) is 5.00 Å². The van der Waals surface area contributed by atoms with Crippen molar-refractivity contribution in [3.05, 3.63) is 52.4 Å². The zero-order valence-electron chi connectivity index (χ0n) is 10.7. The zero-order valence-corrected chi connectivity index (χ0v) is 11.5. The first-order valence-corrected chi connectivity index (χ1v) is 6.73. The van der Waals surface area contributed by atoms with Crippen molar-refractivity contribution < 1.29 is 24.6 Å². The van der Waals surface area contributed by atoms with Gasteiger partial charge >= 0.3 is 17.8 Å². The first kappa shape index (κ1) is 14.7. The van der Waals surface area contributed by atoms with E-state index in [4.69, 9.17) is 10.2 Å². The number of aromatic carboxylic acids is 1. The average Bonchev–Trinajstić information content (AvgIpc) is 2.82. The lowest BCUT2D eigenvalue weighted by molar-refractivity contribution is -0.147. The van der Waals surface area contributed by atoms with Gasteiger partial charge in [-0.15, -0.1) is 11.3 Å². The minimum absolute atomic E-state index is 0.0285. The number of aliphatic carboxylic acids is 1. The van der Waals surface area contributed by atoms with Gasteiger partial charge in [-0.1, -0.05) is 30.3 Å². The highest BCUT2D eigenvalue weighted by atomic mass is 32.1. The quantitative estimate of drug-likeness (QED) is 0.750. The van der Waals surface area contributed by atoms with E-state index in [1.54, 1.807) is 0 Å². The van der Waals surface area contributed by atoms with Crippen LogP contribution in [-0.4, -0.2) is 28.1 Å². The number of nitrogens with one attached hydrogen (secondary N) is 1. The van der Waals surface area contributed by atoms with Gasteiger partial charge < -0.3 is 15.5 Å². The third kappa shape index (κ3) is 3.67. The van der Waals surface area contributed by atoms with Crippen molar-refractivity contribution in [1.29, 1.82) is 0 Å². The second-order valence-electron chi connectivity index (χ2n) is 4.18. The highest BCUT2D eigenvalue weighted by Gasteiger charge is 2.20. The second-order valence-corrected chi connectivity index (χ2v) is 5.32. The summed E-state index contributed by atoms with van der Waals surface area (Å²) in [6.07, 6.45) is 0.509. The number of hydrogen-bond acceptors (Lipinski definition) is 4. The molecule has 0 aliphatic rings. The summed E-state index contributed by atoms with van der Waals surface area (Å²) in [6.45, 7) is 0. The molecule has 108 valence electrons. The van der Waals surface area contributed by atoms with Crippen LogP contribution in [-0.2, 0) is 16.0 Å². The van der Waals surface area contributed by atoms with Crippen LogP contribution >= 0.6 is 11.3 Å². The van der Waals surface area contributed by atoms with Crippen molar-refractivity contribution in [3.8, 4) is 0 Å². The number of rotatable bonds is 4. The molecular formula is C14H11NO5S. The standard InChI is InChI=1S/C14H11NO5S/c16-11(14(19)20)15-12-10(13(17)18)7-9(21-12)6-8-4-2-1-3-5-8/h1-5,7H,6H2,(H,15,16)(H,17,18)(H,19,20). The topological polar surface area (TPSA) is 104 Å². The minimum atomic E-state index is -1.66. The minimum Gasteiger partial charge on any atom is -0.478 e. The van der Waals surface area contributed by atoms with Gasteiger partial charge in [-0.3, -0.25) is 4.79 Å². The van der Waals surface area contributed by atoms with E-state index in [0.29, 0.717) is 6.42 Å². The van der Waals surface area contributed by atoms with Crippen molar-refractivity contribution in [3.63, 3.8) is 0 Å². The summed E-state index contributed by atoms with van der Waals surface area (Å²) in [4.78, 5) is 33.6. The lowest BCUT2D eigenvalue weighted by Crippen LogP contribution is -2.22. The Bertz CT molecular complexity index is 693. The average molecular weight is 305 g/mol. The molecule has 0 spiro atoms. The van der Waals surface area contributed by atoms with E-state index >= 15 is 0 Å². The van der Waals surface area contributed by atoms with Gasteiger partial charge in [-0.25, -0.2) is 9.59 Å². The molecule has 0 aliphatic carbocycles. The Balaban J connectivity index is 2.26. The van der Waals surface area contributed by atoms with Gasteiger partial charge in [0.05, 0.1) is 5.56 Å². The van der Waals surface area contributed by atoms with E-state index in [0.717, 1.165) is 21.8 Å². The molecule has 0 saturated heterocycles. The number of thiophene rings is 1. The van der Waals surface area contributed by atoms with Crippen molar-refractivity contribution in [2.75, 3.05) is 5.32 Å². The molecule has 0 aliphatic heterocycles. The van der Waals surface area contributed by atoms with Crippen molar-refractivity contribution >= 4 is 34.2 Å². The monoisotopic (exact) mass is 305 g/mol. The zero-order chi connectivity index (χ0) is 15.4. The fraction of sp³-hybridized carbons (Fsp3) is 0.0714. The van der Waals surface area contributed by atoms with E-state index in [-0.39, 0.29) is 10.6 Å². The van der Waals surface area contributed by atoms with Crippen LogP contribution < -0.4 is 5.32 Å². The van der Waals surface area contributed by atoms with Crippen LogP contribution in [0.3, 0.4) is 0 Å². The molecule has 21 heavy (non-hydrogen) atoms. The van der Waals surface area contributed by atoms with Gasteiger partial charge in [0.15, 0.2) is 0 Å². The summed E-state index contributed by atoms with van der Waals surface area (Å²) in [5, 5.41) is 19.8. The maximum Gasteiger partial charge on any atom is 0.394 e. The summed E-state index contributed by atoms with van der Waals surface area (Å²) in [5.74, 6) is -4.14. The molecule has 2 rings (SSSR count). The summed E-state index contributed by atoms with van der Waals surface area (Å²) in [5.41, 5.74) is 0.882. The van der Waals surface area contributed by atoms with Crippen LogP contribution in [0.4, 0.5) is 5.00 Å². The largest absolute Gasteiger partial charge is 0.478 e. The highest BCUT2D eigenvalue weighted by molar-refractivity contribution is 7.16. The third-order valence-corrected chi connectivity index (χ3v) is 3.71. The molecule has 0 bridgehead atoms. The molecule has 1 aromatic heterocycles. The van der Waals surface area contributed by atoms with Crippen LogP contribution in [0.1, 0.15) is 20.8 Å². The molecule has 0 atom stereocenters. The summed E-state index contributed by atoms with van der Waals surface area (Å²) >= 11 is 1.05. The van der Waals surface area contributed by atoms with Crippen LogP contribution in [0.2, 0.25) is 0 Å². The third-order valence-electron chi connectivity index (χ3n) is 2.66. The smallest absolute Gasteiger partial charge is 0.394 e. The van der Waals surface area contributed by atoms with Gasteiger partial charge in [0, 0.05) is 11.3 Å². The molecule has 3 N–H and O–H groups in total. The Kier molecular flexibility index (Phi) is 4.34. The van der Waals surface area contributed by atoms with E-state index in [1.165, 1.54) is 6.07 Å². The summed E-state index contributed by atoms with van der Waals surface area (Å²) in [6, 6.07) is 10.9. The van der Waals surface area contributed by atoms with Crippen LogP contribution in [0.25, 0.3) is 0 Å². The van der Waals surface area contributed by atoms with E-state index in [2.05, 4.69) is 5.32 Å². The number of anilines is 1. The Hall–Kier alpha value is -2.67. The number of carbonyl (C=O) groups is 3. The first-order valence-electron chi connectivity index (χ1n) is 5.91. The van der Waals surface area contributed by atoms with Gasteiger partial charge in [0.2, 0.25) is 0 Å². The van der Waals surface area contributed by atoms with Crippen molar-refractivity contribution in [2.45, 2.75) is 6.42 Å². The maximum atomic E-state index is 11.2. The van der Waals surface area contributed by atoms with Gasteiger partial charge in [0.25, 0.3) is 0 Å². The van der Waals surface area contributed by atoms with Crippen molar-refractivity contribution in [2.24, 2.45) is 0 Å². The molecule has 0 saturated carbocycles. The molecule has 2 aromatic rings. The molecule has 6 nitrogen and oxygen atoms in total. The molecule has 0 radical (unpaired) electrons. The normalized spacial score (nSPS) is 10.1. The molecule has 7 heteroatoms. The number of amides is 1. The number of carboxylic acids is 2. The maximum absolute atomic E-state index is 11.2. The molecule has 0 fully saturated rings. The lowest BCUT2D eigenvalue weighted by Gasteiger charge is -1.99.